The molecule has 0 amide bonds. The Hall–Kier alpha value is -2.13. The predicted molar refractivity (Wildman–Crippen MR) is 90.9 cm³/mol. The third-order valence-corrected chi connectivity index (χ3v) is 4.39. The van der Waals surface area contributed by atoms with Crippen LogP contribution in [0.4, 0.5) is 11.4 Å². The Kier molecular flexibility index (Phi) is 3.43. The van der Waals surface area contributed by atoms with Gasteiger partial charge < -0.3 is 5.32 Å². The maximum atomic E-state index is 6.21. The molecule has 0 saturated heterocycles. The molecule has 0 unspecified atom stereocenters. The summed E-state index contributed by atoms with van der Waals surface area (Å²) >= 11 is 6.21. The van der Waals surface area contributed by atoms with Gasteiger partial charge in [-0.3, -0.25) is 9.97 Å². The van der Waals surface area contributed by atoms with E-state index in [9.17, 15) is 0 Å². The van der Waals surface area contributed by atoms with E-state index in [1.165, 1.54) is 24.1 Å². The van der Waals surface area contributed by atoms with E-state index in [-0.39, 0.29) is 0 Å². The molecule has 110 valence electrons. The molecule has 1 aromatic carbocycles. The van der Waals surface area contributed by atoms with Gasteiger partial charge in [0.1, 0.15) is 0 Å². The van der Waals surface area contributed by atoms with Gasteiger partial charge in [0.2, 0.25) is 0 Å². The number of aryl methyl sites for hydroxylation is 1. The van der Waals surface area contributed by atoms with Crippen molar-refractivity contribution in [3.05, 3.63) is 59.0 Å². The van der Waals surface area contributed by atoms with E-state index in [2.05, 4.69) is 10.3 Å². The largest absolute Gasteiger partial charge is 0.353 e. The Labute approximate surface area is 134 Å². The number of halogens is 1. The van der Waals surface area contributed by atoms with E-state index >= 15 is 0 Å². The highest BCUT2D eigenvalue weighted by atomic mass is 35.5. The highest BCUT2D eigenvalue weighted by Gasteiger charge is 2.18. The van der Waals surface area contributed by atoms with Gasteiger partial charge in [-0.25, -0.2) is 0 Å². The molecule has 3 nitrogen and oxygen atoms in total. The third-order valence-electron chi connectivity index (χ3n) is 4.15. The molecule has 22 heavy (non-hydrogen) atoms. The zero-order valence-corrected chi connectivity index (χ0v) is 12.9. The lowest BCUT2D eigenvalue weighted by Crippen LogP contribution is -2.09. The number of aromatic nitrogens is 2. The molecule has 3 aromatic rings. The SMILES string of the molecule is Clc1ccc2nc3c(c(Nc4cccnc4)c2c1)CCCC3. The van der Waals surface area contributed by atoms with E-state index in [0.717, 1.165) is 40.1 Å². The van der Waals surface area contributed by atoms with Crippen molar-refractivity contribution in [2.75, 3.05) is 5.32 Å². The summed E-state index contributed by atoms with van der Waals surface area (Å²) in [5.74, 6) is 0. The van der Waals surface area contributed by atoms with Gasteiger partial charge in [-0.1, -0.05) is 11.6 Å². The molecule has 2 heterocycles. The number of hydrogen-bond donors (Lipinski definition) is 1. The lowest BCUT2D eigenvalue weighted by molar-refractivity contribution is 0.672. The number of rotatable bonds is 2. The number of nitrogens with zero attached hydrogens (tertiary/aromatic N) is 2. The monoisotopic (exact) mass is 309 g/mol. The minimum absolute atomic E-state index is 0.735. The van der Waals surface area contributed by atoms with E-state index in [1.54, 1.807) is 6.20 Å². The van der Waals surface area contributed by atoms with E-state index in [4.69, 9.17) is 16.6 Å². The first kappa shape index (κ1) is 13.5. The molecule has 1 N–H and O–H groups in total. The minimum Gasteiger partial charge on any atom is -0.353 e. The lowest BCUT2D eigenvalue weighted by atomic mass is 9.92. The Balaban J connectivity index is 1.94. The van der Waals surface area contributed by atoms with Crippen molar-refractivity contribution in [1.29, 1.82) is 0 Å². The van der Waals surface area contributed by atoms with Crippen LogP contribution in [0.15, 0.2) is 42.7 Å². The minimum atomic E-state index is 0.735. The van der Waals surface area contributed by atoms with Gasteiger partial charge >= 0.3 is 0 Å². The fraction of sp³-hybridized carbons (Fsp3) is 0.222. The summed E-state index contributed by atoms with van der Waals surface area (Å²) in [6.45, 7) is 0. The first-order valence-corrected chi connectivity index (χ1v) is 7.97. The van der Waals surface area contributed by atoms with Gasteiger partial charge in [-0.15, -0.1) is 0 Å². The smallest absolute Gasteiger partial charge is 0.0727 e. The molecule has 4 rings (SSSR count). The Bertz CT molecular complexity index is 831. The number of benzene rings is 1. The standard InChI is InChI=1S/C18H16ClN3/c19-12-7-8-17-15(10-12)18(21-13-4-3-9-20-11-13)14-5-1-2-6-16(14)22-17/h3-4,7-11H,1-2,5-6H2,(H,21,22). The molecule has 0 spiro atoms. The van der Waals surface area contributed by atoms with Crippen LogP contribution >= 0.6 is 11.6 Å². The maximum absolute atomic E-state index is 6.21. The molecule has 0 radical (unpaired) electrons. The normalized spacial score (nSPS) is 13.9. The number of nitrogens with one attached hydrogen (secondary N) is 1. The second kappa shape index (κ2) is 5.58. The van der Waals surface area contributed by atoms with Crippen LogP contribution in [0.3, 0.4) is 0 Å². The fourth-order valence-electron chi connectivity index (χ4n) is 3.12. The van der Waals surface area contributed by atoms with Gasteiger partial charge in [0, 0.05) is 22.3 Å². The molecule has 0 fully saturated rings. The first-order valence-electron chi connectivity index (χ1n) is 7.59. The zero-order valence-electron chi connectivity index (χ0n) is 12.1. The quantitative estimate of drug-likeness (QED) is 0.731. The van der Waals surface area contributed by atoms with Crippen molar-refractivity contribution in [1.82, 2.24) is 9.97 Å². The molecule has 0 saturated carbocycles. The molecular weight excluding hydrogens is 294 g/mol. The van der Waals surface area contributed by atoms with Gasteiger partial charge in [-0.05, 0) is 61.6 Å². The molecule has 1 aliphatic rings. The predicted octanol–water partition coefficient (Wildman–Crippen LogP) is 4.91. The van der Waals surface area contributed by atoms with Crippen LogP contribution in [0.2, 0.25) is 5.02 Å². The van der Waals surface area contributed by atoms with Crippen molar-refractivity contribution in [2.24, 2.45) is 0 Å². The summed E-state index contributed by atoms with van der Waals surface area (Å²) < 4.78 is 0. The Morgan fingerprint density at radius 2 is 2.00 bits per heavy atom. The molecule has 0 atom stereocenters. The maximum Gasteiger partial charge on any atom is 0.0727 e. The third kappa shape index (κ3) is 2.42. The summed E-state index contributed by atoms with van der Waals surface area (Å²) in [6.07, 6.45) is 8.16. The van der Waals surface area contributed by atoms with Gasteiger partial charge in [0.05, 0.1) is 23.1 Å². The summed E-state index contributed by atoms with van der Waals surface area (Å²) in [5, 5.41) is 5.36. The number of anilines is 2. The Morgan fingerprint density at radius 1 is 1.09 bits per heavy atom. The molecule has 0 aliphatic heterocycles. The summed E-state index contributed by atoms with van der Waals surface area (Å²) in [4.78, 5) is 9.03. The molecule has 4 heteroatoms. The second-order valence-electron chi connectivity index (χ2n) is 5.65. The van der Waals surface area contributed by atoms with Crippen molar-refractivity contribution in [3.8, 4) is 0 Å². The molecular formula is C18H16ClN3. The van der Waals surface area contributed by atoms with Crippen molar-refractivity contribution in [2.45, 2.75) is 25.7 Å². The second-order valence-corrected chi connectivity index (χ2v) is 6.08. The van der Waals surface area contributed by atoms with Gasteiger partial charge in [-0.2, -0.15) is 0 Å². The van der Waals surface area contributed by atoms with Crippen LogP contribution in [0.25, 0.3) is 10.9 Å². The van der Waals surface area contributed by atoms with Crippen molar-refractivity contribution >= 4 is 33.9 Å². The van der Waals surface area contributed by atoms with Gasteiger partial charge in [0.15, 0.2) is 0 Å². The van der Waals surface area contributed by atoms with Crippen molar-refractivity contribution < 1.29 is 0 Å². The van der Waals surface area contributed by atoms with Crippen LogP contribution in [0.5, 0.6) is 0 Å². The summed E-state index contributed by atoms with van der Waals surface area (Å²) in [6, 6.07) is 9.86. The van der Waals surface area contributed by atoms with Gasteiger partial charge in [0.25, 0.3) is 0 Å². The first-order chi connectivity index (χ1) is 10.8. The summed E-state index contributed by atoms with van der Waals surface area (Å²) in [5.41, 5.74) is 5.66. The van der Waals surface area contributed by atoms with Crippen LogP contribution in [0, 0.1) is 0 Å². The number of fused-ring (bicyclic) bond motifs is 2. The van der Waals surface area contributed by atoms with Crippen LogP contribution in [-0.4, -0.2) is 9.97 Å². The van der Waals surface area contributed by atoms with E-state index < -0.39 is 0 Å². The number of pyridine rings is 2. The Morgan fingerprint density at radius 3 is 2.86 bits per heavy atom. The summed E-state index contributed by atoms with van der Waals surface area (Å²) in [7, 11) is 0. The average Bonchev–Trinajstić information content (AvgIpc) is 2.56. The zero-order chi connectivity index (χ0) is 14.9. The van der Waals surface area contributed by atoms with Crippen molar-refractivity contribution in [3.63, 3.8) is 0 Å². The van der Waals surface area contributed by atoms with E-state index in [1.807, 2.05) is 36.5 Å². The average molecular weight is 310 g/mol. The highest BCUT2D eigenvalue weighted by Crippen LogP contribution is 2.36. The van der Waals surface area contributed by atoms with Crippen LogP contribution in [-0.2, 0) is 12.8 Å². The molecule has 1 aliphatic carbocycles. The lowest BCUT2D eigenvalue weighted by Gasteiger charge is -2.21. The molecule has 2 aromatic heterocycles. The highest BCUT2D eigenvalue weighted by molar-refractivity contribution is 6.31. The number of hydrogen-bond acceptors (Lipinski definition) is 3. The topological polar surface area (TPSA) is 37.8 Å². The van der Waals surface area contributed by atoms with Crippen LogP contribution < -0.4 is 5.32 Å². The fourth-order valence-corrected chi connectivity index (χ4v) is 3.29. The van der Waals surface area contributed by atoms with E-state index in [0.29, 0.717) is 0 Å². The van der Waals surface area contributed by atoms with Crippen LogP contribution in [0.1, 0.15) is 24.1 Å². The molecule has 0 bridgehead atoms.